The third-order valence-corrected chi connectivity index (χ3v) is 2.27. The van der Waals surface area contributed by atoms with Crippen LogP contribution in [0.4, 0.5) is 0 Å². The van der Waals surface area contributed by atoms with Crippen LogP contribution in [0.25, 0.3) is 0 Å². The van der Waals surface area contributed by atoms with E-state index in [1.807, 2.05) is 38.1 Å². The summed E-state index contributed by atoms with van der Waals surface area (Å²) in [6, 6.07) is 7.80. The van der Waals surface area contributed by atoms with Gasteiger partial charge in [0.15, 0.2) is 0 Å². The summed E-state index contributed by atoms with van der Waals surface area (Å²) < 4.78 is 5.51. The molecule has 0 fully saturated rings. The molecule has 0 saturated heterocycles. The van der Waals surface area contributed by atoms with Gasteiger partial charge in [0.1, 0.15) is 5.75 Å². The topological polar surface area (TPSA) is 64.3 Å². The summed E-state index contributed by atoms with van der Waals surface area (Å²) in [6.07, 6.45) is 0. The average Bonchev–Trinajstić information content (AvgIpc) is 2.27. The third-order valence-electron chi connectivity index (χ3n) is 2.27. The van der Waals surface area contributed by atoms with Gasteiger partial charge in [-0.2, -0.15) is 0 Å². The van der Waals surface area contributed by atoms with Gasteiger partial charge in [-0.15, -0.1) is 0 Å². The lowest BCUT2D eigenvalue weighted by molar-refractivity contribution is -0.117. The van der Waals surface area contributed by atoms with E-state index < -0.39 is 0 Å². The van der Waals surface area contributed by atoms with Crippen LogP contribution < -0.4 is 15.8 Å². The zero-order chi connectivity index (χ0) is 12.0. The highest BCUT2D eigenvalue weighted by Gasteiger charge is 2.10. The van der Waals surface area contributed by atoms with Gasteiger partial charge in [-0.05, 0) is 19.9 Å². The molecule has 1 atom stereocenters. The SMILES string of the molecule is CCOc1ccccc1C(C)NCC(N)=O. The Bertz CT molecular complexity index is 353. The minimum atomic E-state index is -0.360. The van der Waals surface area contributed by atoms with Crippen LogP contribution in [0.5, 0.6) is 5.75 Å². The number of nitrogens with two attached hydrogens (primary N) is 1. The van der Waals surface area contributed by atoms with Crippen molar-refractivity contribution in [3.8, 4) is 5.75 Å². The van der Waals surface area contributed by atoms with Crippen LogP contribution in [-0.2, 0) is 4.79 Å². The number of hydrogen-bond acceptors (Lipinski definition) is 3. The number of rotatable bonds is 6. The summed E-state index contributed by atoms with van der Waals surface area (Å²) >= 11 is 0. The third kappa shape index (κ3) is 3.55. The van der Waals surface area contributed by atoms with Crippen LogP contribution in [0.15, 0.2) is 24.3 Å². The molecule has 1 aromatic carbocycles. The quantitative estimate of drug-likeness (QED) is 0.760. The fourth-order valence-electron chi connectivity index (χ4n) is 1.49. The largest absolute Gasteiger partial charge is 0.494 e. The highest BCUT2D eigenvalue weighted by molar-refractivity contribution is 5.75. The summed E-state index contributed by atoms with van der Waals surface area (Å²) in [5.74, 6) is 0.482. The number of nitrogens with one attached hydrogen (secondary N) is 1. The molecule has 0 aliphatic heterocycles. The zero-order valence-electron chi connectivity index (χ0n) is 9.69. The van der Waals surface area contributed by atoms with E-state index in [1.165, 1.54) is 0 Å². The fraction of sp³-hybridized carbons (Fsp3) is 0.417. The molecule has 0 heterocycles. The number of amides is 1. The number of primary amides is 1. The minimum Gasteiger partial charge on any atom is -0.494 e. The Labute approximate surface area is 95.8 Å². The number of benzene rings is 1. The Balaban J connectivity index is 2.73. The molecule has 88 valence electrons. The number of carbonyl (C=O) groups excluding carboxylic acids is 1. The molecule has 4 heteroatoms. The summed E-state index contributed by atoms with van der Waals surface area (Å²) in [5, 5.41) is 3.04. The van der Waals surface area contributed by atoms with Crippen molar-refractivity contribution in [1.29, 1.82) is 0 Å². The van der Waals surface area contributed by atoms with Crippen molar-refractivity contribution in [3.05, 3.63) is 29.8 Å². The van der Waals surface area contributed by atoms with Crippen LogP contribution in [-0.4, -0.2) is 19.1 Å². The van der Waals surface area contributed by atoms with E-state index in [0.29, 0.717) is 6.61 Å². The highest BCUT2D eigenvalue weighted by Crippen LogP contribution is 2.24. The van der Waals surface area contributed by atoms with Gasteiger partial charge < -0.3 is 15.8 Å². The van der Waals surface area contributed by atoms with Crippen molar-refractivity contribution in [3.63, 3.8) is 0 Å². The maximum atomic E-state index is 10.7. The molecule has 0 spiro atoms. The van der Waals surface area contributed by atoms with E-state index in [9.17, 15) is 4.79 Å². The first-order valence-electron chi connectivity index (χ1n) is 5.38. The Morgan fingerprint density at radius 2 is 2.19 bits per heavy atom. The lowest BCUT2D eigenvalue weighted by atomic mass is 10.1. The van der Waals surface area contributed by atoms with E-state index in [4.69, 9.17) is 10.5 Å². The van der Waals surface area contributed by atoms with Crippen molar-refractivity contribution >= 4 is 5.91 Å². The maximum absolute atomic E-state index is 10.7. The van der Waals surface area contributed by atoms with E-state index in [1.54, 1.807) is 0 Å². The number of ether oxygens (including phenoxy) is 1. The fourth-order valence-corrected chi connectivity index (χ4v) is 1.49. The lowest BCUT2D eigenvalue weighted by Crippen LogP contribution is -2.30. The molecule has 1 aromatic rings. The van der Waals surface area contributed by atoms with Crippen molar-refractivity contribution in [1.82, 2.24) is 5.32 Å². The Hall–Kier alpha value is -1.55. The van der Waals surface area contributed by atoms with Gasteiger partial charge in [0, 0.05) is 11.6 Å². The predicted octanol–water partition coefficient (Wildman–Crippen LogP) is 1.22. The second-order valence-corrected chi connectivity index (χ2v) is 3.54. The minimum absolute atomic E-state index is 0.0373. The molecule has 3 N–H and O–H groups in total. The summed E-state index contributed by atoms with van der Waals surface area (Å²) in [7, 11) is 0. The summed E-state index contributed by atoms with van der Waals surface area (Å²) in [5.41, 5.74) is 6.12. The first-order chi connectivity index (χ1) is 7.65. The molecule has 4 nitrogen and oxygen atoms in total. The van der Waals surface area contributed by atoms with Crippen LogP contribution in [0.1, 0.15) is 25.5 Å². The summed E-state index contributed by atoms with van der Waals surface area (Å²) in [4.78, 5) is 10.7. The molecule has 0 aliphatic carbocycles. The van der Waals surface area contributed by atoms with Gasteiger partial charge >= 0.3 is 0 Å². The van der Waals surface area contributed by atoms with E-state index in [0.717, 1.165) is 11.3 Å². The number of carbonyl (C=O) groups is 1. The Morgan fingerprint density at radius 1 is 1.50 bits per heavy atom. The van der Waals surface area contributed by atoms with E-state index in [-0.39, 0.29) is 18.5 Å². The average molecular weight is 222 g/mol. The number of hydrogen-bond donors (Lipinski definition) is 2. The molecule has 1 amide bonds. The van der Waals surface area contributed by atoms with Gasteiger partial charge in [-0.25, -0.2) is 0 Å². The van der Waals surface area contributed by atoms with Crippen LogP contribution >= 0.6 is 0 Å². The predicted molar refractivity (Wildman–Crippen MR) is 63.2 cm³/mol. The second kappa shape index (κ2) is 6.12. The standard InChI is InChI=1S/C12H18N2O2/c1-3-16-11-7-5-4-6-10(11)9(2)14-8-12(13)15/h4-7,9,14H,3,8H2,1-2H3,(H2,13,15). The van der Waals surface area contributed by atoms with Crippen molar-refractivity contribution < 1.29 is 9.53 Å². The van der Waals surface area contributed by atoms with Gasteiger partial charge in [-0.1, -0.05) is 18.2 Å². The van der Waals surface area contributed by atoms with Gasteiger partial charge in [0.05, 0.1) is 13.2 Å². The first kappa shape index (κ1) is 12.5. The normalized spacial score (nSPS) is 12.1. The molecule has 0 aliphatic rings. The van der Waals surface area contributed by atoms with Crippen molar-refractivity contribution in [2.75, 3.05) is 13.2 Å². The smallest absolute Gasteiger partial charge is 0.231 e. The maximum Gasteiger partial charge on any atom is 0.231 e. The molecule has 0 radical (unpaired) electrons. The molecule has 1 rings (SSSR count). The van der Waals surface area contributed by atoms with E-state index >= 15 is 0 Å². The van der Waals surface area contributed by atoms with Gasteiger partial charge in [0.25, 0.3) is 0 Å². The molecular formula is C12H18N2O2. The Morgan fingerprint density at radius 3 is 2.81 bits per heavy atom. The highest BCUT2D eigenvalue weighted by atomic mass is 16.5. The van der Waals surface area contributed by atoms with Gasteiger partial charge in [0.2, 0.25) is 5.91 Å². The molecule has 0 saturated carbocycles. The molecule has 1 unspecified atom stereocenters. The molecule has 0 bridgehead atoms. The monoisotopic (exact) mass is 222 g/mol. The van der Waals surface area contributed by atoms with Crippen LogP contribution in [0.2, 0.25) is 0 Å². The first-order valence-corrected chi connectivity index (χ1v) is 5.38. The zero-order valence-corrected chi connectivity index (χ0v) is 9.69. The second-order valence-electron chi connectivity index (χ2n) is 3.54. The van der Waals surface area contributed by atoms with Crippen molar-refractivity contribution in [2.45, 2.75) is 19.9 Å². The van der Waals surface area contributed by atoms with Crippen LogP contribution in [0.3, 0.4) is 0 Å². The van der Waals surface area contributed by atoms with E-state index in [2.05, 4.69) is 5.32 Å². The Kier molecular flexibility index (Phi) is 4.79. The van der Waals surface area contributed by atoms with Crippen molar-refractivity contribution in [2.24, 2.45) is 5.73 Å². The summed E-state index contributed by atoms with van der Waals surface area (Å²) in [6.45, 7) is 4.71. The molecule has 0 aromatic heterocycles. The van der Waals surface area contributed by atoms with Gasteiger partial charge in [-0.3, -0.25) is 4.79 Å². The molecular weight excluding hydrogens is 204 g/mol. The number of para-hydroxylation sites is 1. The van der Waals surface area contributed by atoms with Crippen LogP contribution in [0, 0.1) is 0 Å². The molecule has 16 heavy (non-hydrogen) atoms. The lowest BCUT2D eigenvalue weighted by Gasteiger charge is -2.17.